The summed E-state index contributed by atoms with van der Waals surface area (Å²) in [6, 6.07) is 10.3. The molecule has 0 heterocycles. The standard InChI is InChI=1S/C13H10F2N2O/c14-11-6-5-10(7-12(11)15)18-13-4-2-1-3-9(13)8-17-16/h1-8H,16H2. The van der Waals surface area contributed by atoms with Crippen molar-refractivity contribution in [3.63, 3.8) is 0 Å². The summed E-state index contributed by atoms with van der Waals surface area (Å²) in [5.41, 5.74) is 0.643. The molecule has 0 unspecified atom stereocenters. The van der Waals surface area contributed by atoms with Crippen molar-refractivity contribution in [1.29, 1.82) is 0 Å². The molecule has 0 bridgehead atoms. The van der Waals surface area contributed by atoms with Crippen molar-refractivity contribution < 1.29 is 13.5 Å². The van der Waals surface area contributed by atoms with Crippen LogP contribution in [0.25, 0.3) is 0 Å². The summed E-state index contributed by atoms with van der Waals surface area (Å²) in [5.74, 6) is 3.85. The van der Waals surface area contributed by atoms with Crippen LogP contribution >= 0.6 is 0 Å². The molecule has 0 radical (unpaired) electrons. The molecule has 0 fully saturated rings. The Kier molecular flexibility index (Phi) is 3.52. The van der Waals surface area contributed by atoms with Gasteiger partial charge in [0.05, 0.1) is 6.21 Å². The van der Waals surface area contributed by atoms with Gasteiger partial charge in [-0.15, -0.1) is 0 Å². The molecule has 2 aromatic carbocycles. The number of para-hydroxylation sites is 1. The Morgan fingerprint density at radius 3 is 2.56 bits per heavy atom. The van der Waals surface area contributed by atoms with E-state index in [2.05, 4.69) is 5.10 Å². The smallest absolute Gasteiger partial charge is 0.162 e. The van der Waals surface area contributed by atoms with Gasteiger partial charge in [-0.25, -0.2) is 8.78 Å². The Labute approximate surface area is 103 Å². The number of ether oxygens (including phenoxy) is 1. The SMILES string of the molecule is NN=Cc1ccccc1Oc1ccc(F)c(F)c1. The summed E-state index contributed by atoms with van der Waals surface area (Å²) in [5, 5.41) is 3.40. The topological polar surface area (TPSA) is 47.6 Å². The molecule has 0 aliphatic heterocycles. The lowest BCUT2D eigenvalue weighted by Crippen LogP contribution is -1.93. The van der Waals surface area contributed by atoms with Crippen LogP contribution in [0.5, 0.6) is 11.5 Å². The zero-order chi connectivity index (χ0) is 13.0. The van der Waals surface area contributed by atoms with E-state index >= 15 is 0 Å². The Morgan fingerprint density at radius 2 is 1.83 bits per heavy atom. The molecule has 92 valence electrons. The predicted molar refractivity (Wildman–Crippen MR) is 64.7 cm³/mol. The molecule has 0 spiro atoms. The van der Waals surface area contributed by atoms with Crippen molar-refractivity contribution >= 4 is 6.21 Å². The van der Waals surface area contributed by atoms with E-state index < -0.39 is 11.6 Å². The Hall–Kier alpha value is -2.43. The van der Waals surface area contributed by atoms with Crippen LogP contribution in [0.3, 0.4) is 0 Å². The minimum atomic E-state index is -0.961. The van der Waals surface area contributed by atoms with Crippen molar-refractivity contribution in [3.05, 3.63) is 59.7 Å². The van der Waals surface area contributed by atoms with Crippen LogP contribution in [0.4, 0.5) is 8.78 Å². The molecule has 0 amide bonds. The van der Waals surface area contributed by atoms with Gasteiger partial charge in [0, 0.05) is 11.6 Å². The second kappa shape index (κ2) is 5.27. The van der Waals surface area contributed by atoms with Gasteiger partial charge in [-0.05, 0) is 24.3 Å². The van der Waals surface area contributed by atoms with Gasteiger partial charge >= 0.3 is 0 Å². The first-order valence-corrected chi connectivity index (χ1v) is 5.16. The summed E-state index contributed by atoms with van der Waals surface area (Å²) < 4.78 is 31.2. The highest BCUT2D eigenvalue weighted by Crippen LogP contribution is 2.25. The fourth-order valence-corrected chi connectivity index (χ4v) is 1.43. The molecule has 0 aliphatic carbocycles. The molecule has 2 rings (SSSR count). The third-order valence-corrected chi connectivity index (χ3v) is 2.25. The van der Waals surface area contributed by atoms with E-state index in [1.807, 2.05) is 0 Å². The molecule has 0 atom stereocenters. The number of benzene rings is 2. The number of hydrogen-bond donors (Lipinski definition) is 1. The van der Waals surface area contributed by atoms with Crippen LogP contribution < -0.4 is 10.6 Å². The maximum absolute atomic E-state index is 13.0. The van der Waals surface area contributed by atoms with Gasteiger partial charge in [0.25, 0.3) is 0 Å². The van der Waals surface area contributed by atoms with Crippen molar-refractivity contribution in [1.82, 2.24) is 0 Å². The average molecular weight is 248 g/mol. The predicted octanol–water partition coefficient (Wildman–Crippen LogP) is 3.05. The summed E-state index contributed by atoms with van der Waals surface area (Å²) in [6.07, 6.45) is 1.41. The fraction of sp³-hybridized carbons (Fsp3) is 0. The third kappa shape index (κ3) is 2.63. The van der Waals surface area contributed by atoms with Gasteiger partial charge in [0.2, 0.25) is 0 Å². The Balaban J connectivity index is 2.31. The fourth-order valence-electron chi connectivity index (χ4n) is 1.43. The van der Waals surface area contributed by atoms with Gasteiger partial charge in [-0.3, -0.25) is 0 Å². The lowest BCUT2D eigenvalue weighted by atomic mass is 10.2. The first kappa shape index (κ1) is 12.0. The molecule has 2 N–H and O–H groups in total. The van der Waals surface area contributed by atoms with E-state index in [1.54, 1.807) is 24.3 Å². The number of nitrogens with two attached hydrogens (primary N) is 1. The average Bonchev–Trinajstić information content (AvgIpc) is 2.37. The maximum Gasteiger partial charge on any atom is 0.162 e. The highest BCUT2D eigenvalue weighted by molar-refractivity contribution is 5.83. The Morgan fingerprint density at radius 1 is 1.06 bits per heavy atom. The minimum Gasteiger partial charge on any atom is -0.457 e. The molecule has 0 saturated carbocycles. The molecule has 0 aliphatic rings. The lowest BCUT2D eigenvalue weighted by molar-refractivity contribution is 0.461. The molecule has 5 heteroatoms. The molecule has 0 aromatic heterocycles. The highest BCUT2D eigenvalue weighted by atomic mass is 19.2. The van der Waals surface area contributed by atoms with E-state index in [9.17, 15) is 8.78 Å². The second-order valence-corrected chi connectivity index (χ2v) is 3.49. The van der Waals surface area contributed by atoms with Crippen molar-refractivity contribution in [2.24, 2.45) is 10.9 Å². The van der Waals surface area contributed by atoms with Gasteiger partial charge in [-0.1, -0.05) is 12.1 Å². The van der Waals surface area contributed by atoms with Crippen molar-refractivity contribution in [2.75, 3.05) is 0 Å². The summed E-state index contributed by atoms with van der Waals surface area (Å²) in [4.78, 5) is 0. The molecular weight excluding hydrogens is 238 g/mol. The van der Waals surface area contributed by atoms with E-state index in [0.29, 0.717) is 11.3 Å². The zero-order valence-corrected chi connectivity index (χ0v) is 9.31. The number of hydrogen-bond acceptors (Lipinski definition) is 3. The first-order valence-electron chi connectivity index (χ1n) is 5.16. The maximum atomic E-state index is 13.0. The highest BCUT2D eigenvalue weighted by Gasteiger charge is 2.06. The molecular formula is C13H10F2N2O. The third-order valence-electron chi connectivity index (χ3n) is 2.25. The molecule has 0 saturated heterocycles. The van der Waals surface area contributed by atoms with E-state index in [4.69, 9.17) is 10.6 Å². The number of nitrogens with zero attached hydrogens (tertiary/aromatic N) is 1. The van der Waals surface area contributed by atoms with Gasteiger partial charge in [0.15, 0.2) is 11.6 Å². The largest absolute Gasteiger partial charge is 0.457 e. The summed E-state index contributed by atoms with van der Waals surface area (Å²) in [7, 11) is 0. The number of rotatable bonds is 3. The molecule has 3 nitrogen and oxygen atoms in total. The normalized spacial score (nSPS) is 10.8. The van der Waals surface area contributed by atoms with Crippen LogP contribution in [-0.4, -0.2) is 6.21 Å². The summed E-state index contributed by atoms with van der Waals surface area (Å²) >= 11 is 0. The van der Waals surface area contributed by atoms with Crippen LogP contribution in [-0.2, 0) is 0 Å². The van der Waals surface area contributed by atoms with E-state index in [-0.39, 0.29) is 5.75 Å². The quantitative estimate of drug-likeness (QED) is 0.515. The van der Waals surface area contributed by atoms with E-state index in [1.165, 1.54) is 12.3 Å². The Bertz CT molecular complexity index is 585. The van der Waals surface area contributed by atoms with Gasteiger partial charge < -0.3 is 10.6 Å². The van der Waals surface area contributed by atoms with Gasteiger partial charge in [0.1, 0.15) is 11.5 Å². The first-order chi connectivity index (χ1) is 8.70. The van der Waals surface area contributed by atoms with Crippen molar-refractivity contribution in [2.45, 2.75) is 0 Å². The number of hydrazone groups is 1. The zero-order valence-electron chi connectivity index (χ0n) is 9.31. The lowest BCUT2D eigenvalue weighted by Gasteiger charge is -2.08. The summed E-state index contributed by atoms with van der Waals surface area (Å²) in [6.45, 7) is 0. The number of halogens is 2. The van der Waals surface area contributed by atoms with E-state index in [0.717, 1.165) is 12.1 Å². The van der Waals surface area contributed by atoms with Crippen LogP contribution in [0, 0.1) is 11.6 Å². The second-order valence-electron chi connectivity index (χ2n) is 3.49. The van der Waals surface area contributed by atoms with Crippen LogP contribution in [0.15, 0.2) is 47.6 Å². The molecule has 18 heavy (non-hydrogen) atoms. The van der Waals surface area contributed by atoms with Crippen molar-refractivity contribution in [3.8, 4) is 11.5 Å². The van der Waals surface area contributed by atoms with Gasteiger partial charge in [-0.2, -0.15) is 5.10 Å². The molecule has 2 aromatic rings. The minimum absolute atomic E-state index is 0.201. The van der Waals surface area contributed by atoms with Crippen LogP contribution in [0.2, 0.25) is 0 Å². The van der Waals surface area contributed by atoms with Crippen LogP contribution in [0.1, 0.15) is 5.56 Å². The monoisotopic (exact) mass is 248 g/mol.